The van der Waals surface area contributed by atoms with Gasteiger partial charge in [-0.3, -0.25) is 9.36 Å². The fourth-order valence-electron chi connectivity index (χ4n) is 0.792. The van der Waals surface area contributed by atoms with E-state index in [9.17, 15) is 9.36 Å². The van der Waals surface area contributed by atoms with E-state index in [0.717, 1.165) is 0 Å². The van der Waals surface area contributed by atoms with Gasteiger partial charge in [-0.25, -0.2) is 5.09 Å². The molecular formula is C8H18NO4P. The summed E-state index contributed by atoms with van der Waals surface area (Å²) in [4.78, 5) is 11.3. The van der Waals surface area contributed by atoms with E-state index in [0.29, 0.717) is 0 Å². The second-order valence-corrected chi connectivity index (χ2v) is 5.68. The predicted octanol–water partition coefficient (Wildman–Crippen LogP) is 1.39. The monoisotopic (exact) mass is 223 g/mol. The van der Waals surface area contributed by atoms with Gasteiger partial charge in [0, 0.05) is 13.8 Å². The molecule has 0 saturated heterocycles. The molecule has 2 atom stereocenters. The summed E-state index contributed by atoms with van der Waals surface area (Å²) >= 11 is 0. The lowest BCUT2D eigenvalue weighted by Gasteiger charge is -2.18. The molecule has 0 amide bonds. The first-order valence-electron chi connectivity index (χ1n) is 4.40. The van der Waals surface area contributed by atoms with Crippen LogP contribution in [0.25, 0.3) is 0 Å². The van der Waals surface area contributed by atoms with Gasteiger partial charge in [0.05, 0.1) is 6.10 Å². The highest BCUT2D eigenvalue weighted by Crippen LogP contribution is 2.36. The van der Waals surface area contributed by atoms with Crippen molar-refractivity contribution in [3.8, 4) is 0 Å². The Morgan fingerprint density at radius 2 is 1.86 bits per heavy atom. The maximum absolute atomic E-state index is 11.4. The van der Waals surface area contributed by atoms with E-state index in [1.807, 2.05) is 0 Å². The number of rotatable bonds is 5. The second kappa shape index (κ2) is 5.49. The predicted molar refractivity (Wildman–Crippen MR) is 54.4 cm³/mol. The molecule has 0 aromatic carbocycles. The lowest BCUT2D eigenvalue weighted by Crippen LogP contribution is -2.34. The standard InChI is InChI=1S/C8H18NO4P/c1-6(2)13-8(10)7(3)9-14(5,11)12-4/h6-7H,1-5H3,(H,9,11)/t7-,14?/m0/s1. The van der Waals surface area contributed by atoms with Gasteiger partial charge >= 0.3 is 5.97 Å². The Bertz CT molecular complexity index is 241. The van der Waals surface area contributed by atoms with Crippen LogP contribution in [0.2, 0.25) is 0 Å². The minimum atomic E-state index is -2.88. The Morgan fingerprint density at radius 3 is 2.21 bits per heavy atom. The van der Waals surface area contributed by atoms with Crippen LogP contribution in [0.5, 0.6) is 0 Å². The zero-order chi connectivity index (χ0) is 11.4. The third-order valence-corrected chi connectivity index (χ3v) is 3.04. The molecule has 0 radical (unpaired) electrons. The van der Waals surface area contributed by atoms with Crippen molar-refractivity contribution in [1.29, 1.82) is 0 Å². The van der Waals surface area contributed by atoms with Gasteiger partial charge in [0.25, 0.3) is 7.52 Å². The fourth-order valence-corrected chi connectivity index (χ4v) is 1.71. The van der Waals surface area contributed by atoms with Gasteiger partial charge in [-0.15, -0.1) is 0 Å². The highest BCUT2D eigenvalue weighted by atomic mass is 31.2. The Morgan fingerprint density at radius 1 is 1.36 bits per heavy atom. The van der Waals surface area contributed by atoms with Gasteiger partial charge in [-0.1, -0.05) is 0 Å². The largest absolute Gasteiger partial charge is 0.462 e. The van der Waals surface area contributed by atoms with E-state index >= 15 is 0 Å². The van der Waals surface area contributed by atoms with Crippen LogP contribution >= 0.6 is 7.52 Å². The molecule has 0 aliphatic rings. The summed E-state index contributed by atoms with van der Waals surface area (Å²) in [5.41, 5.74) is 0. The van der Waals surface area contributed by atoms with Gasteiger partial charge in [-0.2, -0.15) is 0 Å². The number of ether oxygens (including phenoxy) is 1. The van der Waals surface area contributed by atoms with Crippen LogP contribution in [0.3, 0.4) is 0 Å². The summed E-state index contributed by atoms with van der Waals surface area (Å²) in [6.45, 7) is 6.50. The van der Waals surface area contributed by atoms with E-state index in [-0.39, 0.29) is 6.10 Å². The van der Waals surface area contributed by atoms with Crippen molar-refractivity contribution in [1.82, 2.24) is 5.09 Å². The third kappa shape index (κ3) is 5.37. The molecule has 5 nitrogen and oxygen atoms in total. The Balaban J connectivity index is 4.15. The van der Waals surface area contributed by atoms with Crippen LogP contribution in [0.4, 0.5) is 0 Å². The zero-order valence-electron chi connectivity index (χ0n) is 9.23. The van der Waals surface area contributed by atoms with E-state index in [1.165, 1.54) is 13.8 Å². The van der Waals surface area contributed by atoms with Gasteiger partial charge in [0.1, 0.15) is 6.04 Å². The quantitative estimate of drug-likeness (QED) is 0.563. The number of hydrogen-bond donors (Lipinski definition) is 1. The summed E-state index contributed by atoms with van der Waals surface area (Å²) in [5.74, 6) is -0.431. The molecule has 6 heteroatoms. The van der Waals surface area contributed by atoms with Crippen molar-refractivity contribution in [3.05, 3.63) is 0 Å². The highest BCUT2D eigenvalue weighted by Gasteiger charge is 2.23. The van der Waals surface area contributed by atoms with Crippen molar-refractivity contribution in [2.24, 2.45) is 0 Å². The van der Waals surface area contributed by atoms with Crippen molar-refractivity contribution >= 4 is 13.5 Å². The van der Waals surface area contributed by atoms with Gasteiger partial charge in [-0.05, 0) is 20.8 Å². The number of hydrogen-bond acceptors (Lipinski definition) is 4. The number of carbonyl (C=O) groups is 1. The molecule has 0 bridgehead atoms. The smallest absolute Gasteiger partial charge is 0.323 e. The lowest BCUT2D eigenvalue weighted by atomic mass is 10.4. The Labute approximate surface area is 84.7 Å². The first-order valence-corrected chi connectivity index (χ1v) is 6.47. The molecule has 0 saturated carbocycles. The number of esters is 1. The van der Waals surface area contributed by atoms with Crippen LogP contribution < -0.4 is 5.09 Å². The summed E-state index contributed by atoms with van der Waals surface area (Å²) in [6.07, 6.45) is -0.175. The topological polar surface area (TPSA) is 64.6 Å². The zero-order valence-corrected chi connectivity index (χ0v) is 10.1. The minimum Gasteiger partial charge on any atom is -0.462 e. The summed E-state index contributed by atoms with van der Waals surface area (Å²) in [6, 6.07) is -0.631. The van der Waals surface area contributed by atoms with Gasteiger partial charge in [0.2, 0.25) is 0 Å². The molecule has 0 heterocycles. The van der Waals surface area contributed by atoms with E-state index in [4.69, 9.17) is 9.26 Å². The van der Waals surface area contributed by atoms with Crippen LogP contribution in [-0.2, 0) is 18.6 Å². The molecule has 0 aliphatic carbocycles. The fraction of sp³-hybridized carbons (Fsp3) is 0.875. The number of carbonyl (C=O) groups excluding carboxylic acids is 1. The molecule has 0 aromatic heterocycles. The van der Waals surface area contributed by atoms with Gasteiger partial charge in [0.15, 0.2) is 0 Å². The molecule has 1 N–H and O–H groups in total. The van der Waals surface area contributed by atoms with E-state index in [2.05, 4.69) is 5.09 Å². The van der Waals surface area contributed by atoms with Crippen LogP contribution in [0, 0.1) is 0 Å². The molecule has 0 aromatic rings. The highest BCUT2D eigenvalue weighted by molar-refractivity contribution is 7.56. The molecule has 0 aliphatic heterocycles. The third-order valence-electron chi connectivity index (χ3n) is 1.48. The Hall–Kier alpha value is -0.380. The minimum absolute atomic E-state index is 0.175. The van der Waals surface area contributed by atoms with E-state index < -0.39 is 19.5 Å². The summed E-state index contributed by atoms with van der Waals surface area (Å²) < 4.78 is 21.1. The maximum atomic E-state index is 11.4. The Kier molecular flexibility index (Phi) is 5.34. The van der Waals surface area contributed by atoms with E-state index in [1.54, 1.807) is 20.8 Å². The molecule has 0 fully saturated rings. The number of nitrogens with one attached hydrogen (secondary N) is 1. The SMILES string of the molecule is COP(C)(=O)N[C@@H](C)C(=O)OC(C)C. The van der Waals surface area contributed by atoms with Crippen LogP contribution in [-0.4, -0.2) is 31.9 Å². The van der Waals surface area contributed by atoms with Gasteiger partial charge < -0.3 is 9.26 Å². The molecule has 0 rings (SSSR count). The molecular weight excluding hydrogens is 205 g/mol. The van der Waals surface area contributed by atoms with Crippen molar-refractivity contribution in [2.75, 3.05) is 13.8 Å². The average molecular weight is 223 g/mol. The van der Waals surface area contributed by atoms with Crippen LogP contribution in [0.15, 0.2) is 0 Å². The molecule has 84 valence electrons. The molecule has 0 spiro atoms. The van der Waals surface area contributed by atoms with Crippen molar-refractivity contribution in [2.45, 2.75) is 32.9 Å². The second-order valence-electron chi connectivity index (χ2n) is 3.36. The van der Waals surface area contributed by atoms with Crippen molar-refractivity contribution < 1.29 is 18.6 Å². The normalized spacial score (nSPS) is 17.6. The first kappa shape index (κ1) is 13.6. The van der Waals surface area contributed by atoms with Crippen molar-refractivity contribution in [3.63, 3.8) is 0 Å². The first-order chi connectivity index (χ1) is 6.28. The lowest BCUT2D eigenvalue weighted by molar-refractivity contribution is -0.149. The molecule has 1 unspecified atom stereocenters. The maximum Gasteiger partial charge on any atom is 0.323 e. The summed E-state index contributed by atoms with van der Waals surface area (Å²) in [7, 11) is -1.55. The average Bonchev–Trinajstić information content (AvgIpc) is 2.02. The summed E-state index contributed by atoms with van der Waals surface area (Å²) in [5, 5.41) is 2.57. The molecule has 14 heavy (non-hydrogen) atoms. The van der Waals surface area contributed by atoms with Crippen LogP contribution in [0.1, 0.15) is 20.8 Å².